The number of amidine groups is 1. The number of pyridine rings is 1. The van der Waals surface area contributed by atoms with E-state index in [0.29, 0.717) is 18.5 Å². The molecule has 1 atom stereocenters. The third-order valence-electron chi connectivity index (χ3n) is 4.83. The molecule has 1 aromatic rings. The highest BCUT2D eigenvalue weighted by Gasteiger charge is 2.41. The number of aromatic nitrogens is 1. The van der Waals surface area contributed by atoms with Crippen LogP contribution >= 0.6 is 0 Å². The third-order valence-corrected chi connectivity index (χ3v) is 4.83. The van der Waals surface area contributed by atoms with Crippen molar-refractivity contribution in [2.24, 2.45) is 16.1 Å². The Morgan fingerprint density at radius 1 is 1.45 bits per heavy atom. The third kappa shape index (κ3) is 5.76. The van der Waals surface area contributed by atoms with Crippen molar-refractivity contribution in [3.05, 3.63) is 47.6 Å². The Labute approximate surface area is 181 Å². The van der Waals surface area contributed by atoms with Crippen molar-refractivity contribution in [3.63, 3.8) is 0 Å². The van der Waals surface area contributed by atoms with Gasteiger partial charge >= 0.3 is 0 Å². The molecule has 2 amide bonds. The summed E-state index contributed by atoms with van der Waals surface area (Å²) in [6.07, 6.45) is 3.90. The molecule has 0 aromatic carbocycles. The van der Waals surface area contributed by atoms with Crippen molar-refractivity contribution in [3.8, 4) is 0 Å². The standard InChI is InChI=1S/C21H29N7O3/c1-13(29)14(10-22)11-25-17-7-5-6-15(26-17)19(30)27-16(12-24-4)18(23)28-9-8-21(2,3)20(28)31/h5-7,10-13,23-24,29H,8-9,22H2,1-4H3,(H,27,30)/b14-10?,16-12+,23-18?,25-11?. The SMILES string of the molecule is CN/C=C(/NC(=O)c1cccc(N=CC(=CN)C(C)O)n1)C(=N)N1CCC(C)(C)C1=O. The van der Waals surface area contributed by atoms with E-state index in [2.05, 4.69) is 20.6 Å². The molecule has 0 aliphatic carbocycles. The molecule has 1 aromatic heterocycles. The van der Waals surface area contributed by atoms with Crippen molar-refractivity contribution in [2.75, 3.05) is 13.6 Å². The molecule has 1 saturated heterocycles. The van der Waals surface area contributed by atoms with E-state index in [-0.39, 0.29) is 29.0 Å². The number of nitrogens with zero attached hydrogens (tertiary/aromatic N) is 3. The number of rotatable bonds is 7. The van der Waals surface area contributed by atoms with Gasteiger partial charge in [0.25, 0.3) is 5.91 Å². The van der Waals surface area contributed by atoms with Crippen molar-refractivity contribution < 1.29 is 14.7 Å². The Kier molecular flexibility index (Phi) is 7.65. The molecule has 1 aliphatic rings. The van der Waals surface area contributed by atoms with E-state index >= 15 is 0 Å². The van der Waals surface area contributed by atoms with Crippen molar-refractivity contribution in [1.82, 2.24) is 20.5 Å². The largest absolute Gasteiger partial charge is 0.404 e. The number of aliphatic hydroxyl groups excluding tert-OH is 1. The van der Waals surface area contributed by atoms with E-state index in [1.807, 2.05) is 13.8 Å². The van der Waals surface area contributed by atoms with Crippen molar-refractivity contribution in [1.29, 1.82) is 5.41 Å². The van der Waals surface area contributed by atoms with Gasteiger partial charge in [0.15, 0.2) is 11.7 Å². The summed E-state index contributed by atoms with van der Waals surface area (Å²) in [7, 11) is 1.63. The normalized spacial score (nSPS) is 17.7. The van der Waals surface area contributed by atoms with E-state index in [1.54, 1.807) is 26.1 Å². The number of aliphatic imine (C=N–C) groups is 1. The maximum atomic E-state index is 12.7. The summed E-state index contributed by atoms with van der Waals surface area (Å²) in [5, 5.41) is 23.4. The van der Waals surface area contributed by atoms with Crippen molar-refractivity contribution >= 4 is 29.7 Å². The summed E-state index contributed by atoms with van der Waals surface area (Å²) in [4.78, 5) is 35.0. The monoisotopic (exact) mass is 427 g/mol. The number of hydrogen-bond acceptors (Lipinski definition) is 8. The van der Waals surface area contributed by atoms with Crippen LogP contribution < -0.4 is 16.4 Å². The van der Waals surface area contributed by atoms with E-state index in [1.165, 1.54) is 29.6 Å². The Hall–Kier alpha value is -3.53. The number of likely N-dealkylation sites (tertiary alicyclic amines) is 1. The van der Waals surface area contributed by atoms with Gasteiger partial charge in [0.05, 0.1) is 11.8 Å². The van der Waals surface area contributed by atoms with E-state index in [9.17, 15) is 14.7 Å². The van der Waals surface area contributed by atoms with Gasteiger partial charge < -0.3 is 21.5 Å². The first-order valence-electron chi connectivity index (χ1n) is 9.81. The minimum atomic E-state index is -0.793. The molecular weight excluding hydrogens is 398 g/mol. The summed E-state index contributed by atoms with van der Waals surface area (Å²) in [6.45, 7) is 5.63. The molecule has 0 bridgehead atoms. The average molecular weight is 428 g/mol. The second-order valence-electron chi connectivity index (χ2n) is 7.72. The van der Waals surface area contributed by atoms with Crippen LogP contribution in [0.5, 0.6) is 0 Å². The van der Waals surface area contributed by atoms with E-state index < -0.39 is 17.4 Å². The lowest BCUT2D eigenvalue weighted by atomic mass is 9.92. The second-order valence-corrected chi connectivity index (χ2v) is 7.72. The molecular formula is C21H29N7O3. The molecule has 10 heteroatoms. The molecule has 1 unspecified atom stereocenters. The molecule has 0 radical (unpaired) electrons. The Morgan fingerprint density at radius 3 is 2.71 bits per heavy atom. The predicted molar refractivity (Wildman–Crippen MR) is 119 cm³/mol. The molecule has 1 aliphatic heterocycles. The maximum absolute atomic E-state index is 12.7. The highest BCUT2D eigenvalue weighted by atomic mass is 16.3. The quantitative estimate of drug-likeness (QED) is 0.323. The lowest BCUT2D eigenvalue weighted by molar-refractivity contribution is -0.131. The van der Waals surface area contributed by atoms with Crippen LogP contribution in [0.25, 0.3) is 0 Å². The van der Waals surface area contributed by atoms with Crippen LogP contribution in [0, 0.1) is 10.8 Å². The first kappa shape index (κ1) is 23.7. The summed E-state index contributed by atoms with van der Waals surface area (Å²) in [5.41, 5.74) is 5.54. The van der Waals surface area contributed by atoms with Gasteiger partial charge in [-0.05, 0) is 25.5 Å². The fourth-order valence-electron chi connectivity index (χ4n) is 2.87. The van der Waals surface area contributed by atoms with Crippen LogP contribution in [-0.2, 0) is 4.79 Å². The van der Waals surface area contributed by atoms with Gasteiger partial charge in [0.2, 0.25) is 5.91 Å². The fraction of sp³-hybridized carbons (Fsp3) is 0.381. The first-order chi connectivity index (χ1) is 14.6. The number of hydrogen-bond donors (Lipinski definition) is 5. The smallest absolute Gasteiger partial charge is 0.274 e. The topological polar surface area (TPSA) is 157 Å². The van der Waals surface area contributed by atoms with Crippen LogP contribution in [0.15, 0.2) is 46.9 Å². The molecule has 0 saturated carbocycles. The Bertz CT molecular complexity index is 948. The van der Waals surface area contributed by atoms with Gasteiger partial charge in [0, 0.05) is 43.2 Å². The lowest BCUT2D eigenvalue weighted by Gasteiger charge is -2.22. The van der Waals surface area contributed by atoms with Gasteiger partial charge in [-0.25, -0.2) is 9.98 Å². The Balaban J connectivity index is 2.19. The summed E-state index contributed by atoms with van der Waals surface area (Å²) in [5.74, 6) is -0.565. The van der Waals surface area contributed by atoms with Gasteiger partial charge in [-0.15, -0.1) is 0 Å². The fourth-order valence-corrected chi connectivity index (χ4v) is 2.87. The number of nitrogens with two attached hydrogens (primary N) is 1. The van der Waals surface area contributed by atoms with E-state index in [4.69, 9.17) is 11.1 Å². The Morgan fingerprint density at radius 2 is 2.16 bits per heavy atom. The maximum Gasteiger partial charge on any atom is 0.274 e. The molecule has 2 heterocycles. The minimum Gasteiger partial charge on any atom is -0.404 e. The zero-order chi connectivity index (χ0) is 23.2. The van der Waals surface area contributed by atoms with Crippen LogP contribution in [-0.4, -0.2) is 58.6 Å². The molecule has 1 fully saturated rings. The predicted octanol–water partition coefficient (Wildman–Crippen LogP) is 1.03. The molecule has 166 valence electrons. The number of aliphatic hydroxyl groups is 1. The van der Waals surface area contributed by atoms with Gasteiger partial charge in [0.1, 0.15) is 5.69 Å². The van der Waals surface area contributed by atoms with Crippen LogP contribution in [0.3, 0.4) is 0 Å². The molecule has 10 nitrogen and oxygen atoms in total. The highest BCUT2D eigenvalue weighted by Crippen LogP contribution is 2.31. The zero-order valence-electron chi connectivity index (χ0n) is 18.1. The number of amides is 2. The van der Waals surface area contributed by atoms with Gasteiger partial charge in [-0.1, -0.05) is 19.9 Å². The van der Waals surface area contributed by atoms with Crippen LogP contribution in [0.2, 0.25) is 0 Å². The van der Waals surface area contributed by atoms with Gasteiger partial charge in [-0.3, -0.25) is 19.9 Å². The second kappa shape index (κ2) is 9.98. The van der Waals surface area contributed by atoms with Crippen molar-refractivity contribution in [2.45, 2.75) is 33.3 Å². The number of carbonyl (C=O) groups excluding carboxylic acids is 2. The minimum absolute atomic E-state index is 0.0767. The first-order valence-corrected chi connectivity index (χ1v) is 9.81. The number of nitrogens with one attached hydrogen (secondary N) is 3. The van der Waals surface area contributed by atoms with E-state index in [0.717, 1.165) is 0 Å². The zero-order valence-corrected chi connectivity index (χ0v) is 18.1. The van der Waals surface area contributed by atoms with Crippen LogP contribution in [0.4, 0.5) is 5.82 Å². The molecule has 6 N–H and O–H groups in total. The molecule has 0 spiro atoms. The summed E-state index contributed by atoms with van der Waals surface area (Å²) >= 11 is 0. The summed E-state index contributed by atoms with van der Waals surface area (Å²) in [6, 6.07) is 4.72. The molecule has 31 heavy (non-hydrogen) atoms. The summed E-state index contributed by atoms with van der Waals surface area (Å²) < 4.78 is 0. The van der Waals surface area contributed by atoms with Gasteiger partial charge in [-0.2, -0.15) is 0 Å². The number of carbonyl (C=O) groups is 2. The molecule has 2 rings (SSSR count). The highest BCUT2D eigenvalue weighted by molar-refractivity contribution is 6.10. The lowest BCUT2D eigenvalue weighted by Crippen LogP contribution is -2.41. The van der Waals surface area contributed by atoms with Crippen LogP contribution in [0.1, 0.15) is 37.7 Å². The average Bonchev–Trinajstić information content (AvgIpc) is 3.00.